The fraction of sp³-hybridized carbons (Fsp3) is 0.414. The summed E-state index contributed by atoms with van der Waals surface area (Å²) in [5.41, 5.74) is 1.32. The third kappa shape index (κ3) is 3.80. The van der Waals surface area contributed by atoms with Crippen LogP contribution in [0.1, 0.15) is 30.4 Å². The number of amides is 2. The van der Waals surface area contributed by atoms with Gasteiger partial charge in [0.2, 0.25) is 23.3 Å². The maximum absolute atomic E-state index is 14.4. The zero-order valence-electron chi connectivity index (χ0n) is 21.2. The number of piperazine rings is 1. The lowest BCUT2D eigenvalue weighted by Crippen LogP contribution is -2.83. The lowest BCUT2D eigenvalue weighted by atomic mass is 9.75. The number of ketones is 1. The van der Waals surface area contributed by atoms with Gasteiger partial charge in [0.15, 0.2) is 6.04 Å². The summed E-state index contributed by atoms with van der Waals surface area (Å²) in [5, 5.41) is 6.34. The summed E-state index contributed by atoms with van der Waals surface area (Å²) in [6, 6.07) is 14.6. The van der Waals surface area contributed by atoms with Crippen molar-refractivity contribution in [2.24, 2.45) is 0 Å². The molecule has 4 aliphatic rings. The molecule has 0 aliphatic carbocycles. The third-order valence-corrected chi connectivity index (χ3v) is 8.58. The van der Waals surface area contributed by atoms with Gasteiger partial charge in [0, 0.05) is 26.1 Å². The molecule has 0 spiro atoms. The quantitative estimate of drug-likeness (QED) is 0.449. The van der Waals surface area contributed by atoms with E-state index in [1.807, 2.05) is 30.3 Å². The normalized spacial score (nSPS) is 30.2. The number of hydrogen-bond acceptors (Lipinski definition) is 6. The SMILES string of the molecule is O=C(NCc1ccc(F)cc1)C1N2CCCC=C2C[N+]23CNCC[C@@]12C(=O)C(OCc1ccccc1)C3=O. The molecule has 2 amide bonds. The highest BCUT2D eigenvalue weighted by atomic mass is 19.1. The van der Waals surface area contributed by atoms with Crippen LogP contribution in [0.25, 0.3) is 0 Å². The summed E-state index contributed by atoms with van der Waals surface area (Å²) in [5.74, 6) is -1.22. The molecule has 3 unspecified atom stereocenters. The van der Waals surface area contributed by atoms with E-state index in [1.54, 1.807) is 12.1 Å². The molecule has 3 fully saturated rings. The summed E-state index contributed by atoms with van der Waals surface area (Å²) < 4.78 is 19.3. The van der Waals surface area contributed by atoms with Crippen LogP contribution in [0.2, 0.25) is 0 Å². The molecule has 2 N–H and O–H groups in total. The number of nitrogens with zero attached hydrogens (tertiary/aromatic N) is 2. The lowest BCUT2D eigenvalue weighted by molar-refractivity contribution is -0.902. The van der Waals surface area contributed by atoms with Gasteiger partial charge in [0.25, 0.3) is 0 Å². The van der Waals surface area contributed by atoms with E-state index in [1.165, 1.54) is 12.1 Å². The molecule has 198 valence electrons. The largest absolute Gasteiger partial charge is 0.353 e. The van der Waals surface area contributed by atoms with Gasteiger partial charge in [-0.3, -0.25) is 14.9 Å². The zero-order valence-corrected chi connectivity index (χ0v) is 21.2. The molecule has 0 saturated carbocycles. The van der Waals surface area contributed by atoms with E-state index in [-0.39, 0.29) is 47.7 Å². The Balaban J connectivity index is 1.37. The van der Waals surface area contributed by atoms with Crippen molar-refractivity contribution in [1.29, 1.82) is 0 Å². The summed E-state index contributed by atoms with van der Waals surface area (Å²) >= 11 is 0. The Morgan fingerprint density at radius 3 is 2.71 bits per heavy atom. The monoisotopic (exact) mass is 519 g/mol. The van der Waals surface area contributed by atoms with Gasteiger partial charge in [-0.05, 0) is 36.1 Å². The first-order chi connectivity index (χ1) is 18.5. The maximum Gasteiger partial charge on any atom is 0.352 e. The van der Waals surface area contributed by atoms with Gasteiger partial charge in [-0.2, -0.15) is 0 Å². The minimum Gasteiger partial charge on any atom is -0.353 e. The van der Waals surface area contributed by atoms with Crippen molar-refractivity contribution in [2.45, 2.75) is 50.1 Å². The molecule has 8 nitrogen and oxygen atoms in total. The molecular formula is C29H32FN4O4+. The molecule has 4 heterocycles. The fourth-order valence-corrected chi connectivity index (χ4v) is 6.78. The Kier molecular flexibility index (Phi) is 6.37. The van der Waals surface area contributed by atoms with Crippen LogP contribution in [0.4, 0.5) is 4.39 Å². The second-order valence-electron chi connectivity index (χ2n) is 10.6. The van der Waals surface area contributed by atoms with Crippen LogP contribution in [0.15, 0.2) is 66.4 Å². The molecule has 9 heteroatoms. The molecule has 38 heavy (non-hydrogen) atoms. The first-order valence-electron chi connectivity index (χ1n) is 13.3. The number of Topliss-reactive ketones (excluding diaryl/α,β-unsaturated/α-hetero) is 1. The van der Waals surface area contributed by atoms with E-state index in [9.17, 15) is 18.8 Å². The molecule has 4 aliphatic heterocycles. The molecule has 6 rings (SSSR count). The van der Waals surface area contributed by atoms with Crippen molar-refractivity contribution in [2.75, 3.05) is 26.3 Å². The number of halogens is 1. The number of quaternary nitrogens is 1. The summed E-state index contributed by atoms with van der Waals surface area (Å²) in [6.45, 7) is 2.16. The predicted molar refractivity (Wildman–Crippen MR) is 136 cm³/mol. The summed E-state index contributed by atoms with van der Waals surface area (Å²) in [7, 11) is 0. The van der Waals surface area contributed by atoms with E-state index in [0.717, 1.165) is 29.7 Å². The molecule has 2 aromatic rings. The highest BCUT2D eigenvalue weighted by Gasteiger charge is 2.79. The first-order valence-corrected chi connectivity index (χ1v) is 13.3. The van der Waals surface area contributed by atoms with Crippen LogP contribution >= 0.6 is 0 Å². The number of fused-ring (bicyclic) bond motifs is 1. The van der Waals surface area contributed by atoms with Crippen LogP contribution < -0.4 is 10.6 Å². The Morgan fingerprint density at radius 2 is 1.92 bits per heavy atom. The van der Waals surface area contributed by atoms with E-state index in [2.05, 4.69) is 21.6 Å². The van der Waals surface area contributed by atoms with Crippen LogP contribution in [-0.2, 0) is 32.3 Å². The third-order valence-electron chi connectivity index (χ3n) is 8.58. The van der Waals surface area contributed by atoms with Crippen molar-refractivity contribution in [3.05, 3.63) is 83.3 Å². The molecule has 2 aromatic carbocycles. The van der Waals surface area contributed by atoms with Crippen LogP contribution in [0.5, 0.6) is 0 Å². The molecule has 0 bridgehead atoms. The van der Waals surface area contributed by atoms with Gasteiger partial charge in [-0.15, -0.1) is 0 Å². The Bertz CT molecular complexity index is 1280. The minimum atomic E-state index is -1.24. The number of carbonyl (C=O) groups is 3. The number of ether oxygens (including phenoxy) is 1. The van der Waals surface area contributed by atoms with Crippen molar-refractivity contribution in [3.8, 4) is 0 Å². The maximum atomic E-state index is 14.4. The summed E-state index contributed by atoms with van der Waals surface area (Å²) in [4.78, 5) is 44.6. The predicted octanol–water partition coefficient (Wildman–Crippen LogP) is 2.00. The van der Waals surface area contributed by atoms with E-state index < -0.39 is 17.7 Å². The van der Waals surface area contributed by atoms with E-state index in [0.29, 0.717) is 26.1 Å². The van der Waals surface area contributed by atoms with E-state index >= 15 is 0 Å². The number of carbonyl (C=O) groups excluding carboxylic acids is 3. The number of nitrogens with one attached hydrogen (secondary N) is 2. The van der Waals surface area contributed by atoms with Gasteiger partial charge in [-0.25, -0.2) is 13.7 Å². The standard InChI is InChI=1S/C29H31FN4O4/c30-22-11-9-20(10-12-22)16-32-27(36)25-29-13-14-31-19-34(29,17-23-8-4-5-15-33(23)25)28(37)24(26(29)35)38-18-21-6-2-1-3-7-21/h1-3,6-12,24-25,31H,4-5,13-19H2/p+1/t24?,25?,29-,34?/m0/s1. The second-order valence-corrected chi connectivity index (χ2v) is 10.6. The van der Waals surface area contributed by atoms with Crippen molar-refractivity contribution in [1.82, 2.24) is 15.5 Å². The van der Waals surface area contributed by atoms with Gasteiger partial charge in [0.05, 0.1) is 12.3 Å². The Labute approximate surface area is 221 Å². The van der Waals surface area contributed by atoms with Crippen LogP contribution in [-0.4, -0.2) is 71.0 Å². The molecule has 0 aromatic heterocycles. The van der Waals surface area contributed by atoms with E-state index in [4.69, 9.17) is 4.74 Å². The lowest BCUT2D eigenvalue weighted by Gasteiger charge is -2.58. The van der Waals surface area contributed by atoms with Gasteiger partial charge in [0.1, 0.15) is 19.0 Å². The fourth-order valence-electron chi connectivity index (χ4n) is 6.78. The first kappa shape index (κ1) is 24.9. The number of hydrogen-bond donors (Lipinski definition) is 2. The van der Waals surface area contributed by atoms with Crippen molar-refractivity contribution in [3.63, 3.8) is 0 Å². The van der Waals surface area contributed by atoms with Gasteiger partial charge < -0.3 is 15.0 Å². The number of allylic oxidation sites excluding steroid dienone is 1. The van der Waals surface area contributed by atoms with Crippen molar-refractivity contribution >= 4 is 17.6 Å². The second kappa shape index (κ2) is 9.72. The zero-order chi connectivity index (χ0) is 26.3. The molecule has 3 saturated heterocycles. The van der Waals surface area contributed by atoms with Crippen LogP contribution in [0, 0.1) is 5.82 Å². The summed E-state index contributed by atoms with van der Waals surface area (Å²) in [6.07, 6.45) is 2.97. The highest BCUT2D eigenvalue weighted by Crippen LogP contribution is 2.50. The highest BCUT2D eigenvalue weighted by molar-refractivity contribution is 6.14. The molecular weight excluding hydrogens is 487 g/mol. The van der Waals surface area contributed by atoms with Crippen molar-refractivity contribution < 1.29 is 28.0 Å². The van der Waals surface area contributed by atoms with Crippen LogP contribution in [0.3, 0.4) is 0 Å². The Hall–Kier alpha value is -3.40. The number of benzene rings is 2. The molecule has 0 radical (unpaired) electrons. The average molecular weight is 520 g/mol. The number of rotatable bonds is 6. The Morgan fingerprint density at radius 1 is 1.13 bits per heavy atom. The average Bonchev–Trinajstić information content (AvgIpc) is 3.13. The minimum absolute atomic E-state index is 0.137. The van der Waals surface area contributed by atoms with Gasteiger partial charge >= 0.3 is 5.91 Å². The topological polar surface area (TPSA) is 87.7 Å². The molecule has 4 atom stereocenters. The smallest absolute Gasteiger partial charge is 0.352 e. The van der Waals surface area contributed by atoms with Gasteiger partial charge in [-0.1, -0.05) is 48.5 Å².